The topological polar surface area (TPSA) is 71.5 Å². The van der Waals surface area contributed by atoms with Crippen molar-refractivity contribution < 1.29 is 14.3 Å². The van der Waals surface area contributed by atoms with Crippen molar-refractivity contribution in [1.82, 2.24) is 9.88 Å². The van der Waals surface area contributed by atoms with Crippen molar-refractivity contribution in [2.45, 2.75) is 11.3 Å². The number of ether oxygens (including phenoxy) is 1. The second-order valence-corrected chi connectivity index (χ2v) is 8.97. The van der Waals surface area contributed by atoms with Gasteiger partial charge in [-0.05, 0) is 36.8 Å². The highest BCUT2D eigenvalue weighted by Crippen LogP contribution is 2.31. The van der Waals surface area contributed by atoms with Gasteiger partial charge >= 0.3 is 0 Å². The molecule has 2 aromatic carbocycles. The Labute approximate surface area is 177 Å². The molecule has 8 heteroatoms. The van der Waals surface area contributed by atoms with Crippen molar-refractivity contribution >= 4 is 50.8 Å². The lowest BCUT2D eigenvalue weighted by Gasteiger charge is -2.26. The Morgan fingerprint density at radius 2 is 2.00 bits per heavy atom. The van der Waals surface area contributed by atoms with E-state index >= 15 is 0 Å². The predicted molar refractivity (Wildman–Crippen MR) is 117 cm³/mol. The zero-order chi connectivity index (χ0) is 20.2. The van der Waals surface area contributed by atoms with E-state index in [-0.39, 0.29) is 11.8 Å². The number of hydrogen-bond donors (Lipinski definition) is 1. The Hall–Kier alpha value is -2.42. The van der Waals surface area contributed by atoms with E-state index in [0.717, 1.165) is 25.8 Å². The molecule has 0 unspecified atom stereocenters. The molecule has 1 aliphatic rings. The second kappa shape index (κ2) is 8.94. The maximum atomic E-state index is 12.5. The number of thiazole rings is 1. The Kier molecular flexibility index (Phi) is 6.13. The number of fused-ring (bicyclic) bond motifs is 1. The molecule has 150 valence electrons. The van der Waals surface area contributed by atoms with Crippen LogP contribution in [0, 0.1) is 6.92 Å². The van der Waals surface area contributed by atoms with Gasteiger partial charge in [0.25, 0.3) is 5.91 Å². The molecule has 0 spiro atoms. The number of nitrogens with zero attached hydrogens (tertiary/aromatic N) is 2. The van der Waals surface area contributed by atoms with Crippen LogP contribution in [0.1, 0.15) is 15.9 Å². The number of morpholine rings is 1. The standard InChI is InChI=1S/C21H21N3O3S2/c1-14-4-2-3-5-16(14)20(26)22-15-6-7-17-18(12-15)29-21(23-17)28-13-19(25)24-8-10-27-11-9-24/h2-7,12H,8-11,13H2,1H3,(H,22,26). The van der Waals surface area contributed by atoms with Crippen LogP contribution in [0.15, 0.2) is 46.8 Å². The van der Waals surface area contributed by atoms with Gasteiger partial charge in [-0.25, -0.2) is 4.98 Å². The van der Waals surface area contributed by atoms with Gasteiger partial charge in [0, 0.05) is 24.3 Å². The first-order valence-corrected chi connectivity index (χ1v) is 11.2. The average Bonchev–Trinajstić information content (AvgIpc) is 3.15. The number of hydrogen-bond acceptors (Lipinski definition) is 6. The van der Waals surface area contributed by atoms with Gasteiger partial charge in [-0.15, -0.1) is 11.3 Å². The lowest BCUT2D eigenvalue weighted by atomic mass is 10.1. The van der Waals surface area contributed by atoms with E-state index in [9.17, 15) is 9.59 Å². The molecule has 1 saturated heterocycles. The highest BCUT2D eigenvalue weighted by molar-refractivity contribution is 8.01. The summed E-state index contributed by atoms with van der Waals surface area (Å²) in [5.74, 6) is 0.359. The van der Waals surface area contributed by atoms with Crippen LogP contribution in [0.25, 0.3) is 10.2 Å². The summed E-state index contributed by atoms with van der Waals surface area (Å²) in [6.45, 7) is 4.44. The number of nitrogens with one attached hydrogen (secondary N) is 1. The molecular weight excluding hydrogens is 406 g/mol. The minimum atomic E-state index is -0.127. The normalized spacial score (nSPS) is 14.2. The van der Waals surface area contributed by atoms with Crippen LogP contribution in [0.3, 0.4) is 0 Å². The summed E-state index contributed by atoms with van der Waals surface area (Å²) in [6, 6.07) is 13.2. The van der Waals surface area contributed by atoms with Gasteiger partial charge in [0.15, 0.2) is 4.34 Å². The van der Waals surface area contributed by atoms with E-state index in [4.69, 9.17) is 4.74 Å². The molecule has 0 atom stereocenters. The number of carbonyl (C=O) groups is 2. The number of anilines is 1. The summed E-state index contributed by atoms with van der Waals surface area (Å²) in [5, 5.41) is 2.95. The van der Waals surface area contributed by atoms with E-state index in [0.29, 0.717) is 37.6 Å². The average molecular weight is 428 g/mol. The number of rotatable bonds is 5. The van der Waals surface area contributed by atoms with E-state index < -0.39 is 0 Å². The molecule has 2 heterocycles. The van der Waals surface area contributed by atoms with Crippen molar-refractivity contribution in [3.05, 3.63) is 53.6 Å². The van der Waals surface area contributed by atoms with Crippen LogP contribution >= 0.6 is 23.1 Å². The largest absolute Gasteiger partial charge is 0.378 e. The Bertz CT molecular complexity index is 1040. The molecule has 0 saturated carbocycles. The maximum Gasteiger partial charge on any atom is 0.255 e. The number of benzene rings is 2. The quantitative estimate of drug-likeness (QED) is 0.627. The van der Waals surface area contributed by atoms with E-state index in [2.05, 4.69) is 10.3 Å². The van der Waals surface area contributed by atoms with Crippen LogP contribution < -0.4 is 5.32 Å². The lowest BCUT2D eigenvalue weighted by Crippen LogP contribution is -2.41. The molecule has 3 aromatic rings. The van der Waals surface area contributed by atoms with E-state index in [1.807, 2.05) is 54.3 Å². The molecule has 1 aliphatic heterocycles. The summed E-state index contributed by atoms with van der Waals surface area (Å²) < 4.78 is 7.12. The number of aromatic nitrogens is 1. The van der Waals surface area contributed by atoms with Crippen molar-refractivity contribution in [2.75, 3.05) is 37.4 Å². The maximum absolute atomic E-state index is 12.5. The number of carbonyl (C=O) groups excluding carboxylic acids is 2. The molecule has 0 aliphatic carbocycles. The molecule has 0 radical (unpaired) electrons. The molecule has 6 nitrogen and oxygen atoms in total. The summed E-state index contributed by atoms with van der Waals surface area (Å²) >= 11 is 2.99. The number of amides is 2. The van der Waals surface area contributed by atoms with E-state index in [1.165, 1.54) is 23.1 Å². The van der Waals surface area contributed by atoms with Crippen molar-refractivity contribution in [3.63, 3.8) is 0 Å². The second-order valence-electron chi connectivity index (χ2n) is 6.71. The first-order valence-electron chi connectivity index (χ1n) is 9.36. The smallest absolute Gasteiger partial charge is 0.255 e. The van der Waals surface area contributed by atoms with Crippen molar-refractivity contribution in [3.8, 4) is 0 Å². The first kappa shape index (κ1) is 19.9. The molecule has 1 N–H and O–H groups in total. The molecule has 1 aromatic heterocycles. The third-order valence-corrected chi connectivity index (χ3v) is 6.85. The molecule has 0 bridgehead atoms. The summed E-state index contributed by atoms with van der Waals surface area (Å²) in [6.07, 6.45) is 0. The monoisotopic (exact) mass is 427 g/mol. The van der Waals surface area contributed by atoms with Crippen LogP contribution in [-0.4, -0.2) is 53.8 Å². The molecule has 2 amide bonds. The minimum Gasteiger partial charge on any atom is -0.378 e. The highest BCUT2D eigenvalue weighted by atomic mass is 32.2. The summed E-state index contributed by atoms with van der Waals surface area (Å²) in [7, 11) is 0. The first-order chi connectivity index (χ1) is 14.1. The van der Waals surface area contributed by atoms with Crippen LogP contribution in [-0.2, 0) is 9.53 Å². The van der Waals surface area contributed by atoms with Gasteiger partial charge in [0.1, 0.15) is 0 Å². The van der Waals surface area contributed by atoms with Crippen LogP contribution in [0.2, 0.25) is 0 Å². The van der Waals surface area contributed by atoms with Gasteiger partial charge in [0.2, 0.25) is 5.91 Å². The fourth-order valence-corrected chi connectivity index (χ4v) is 5.11. The fraction of sp³-hybridized carbons (Fsp3) is 0.286. The fourth-order valence-electron chi connectivity index (χ4n) is 3.10. The highest BCUT2D eigenvalue weighted by Gasteiger charge is 2.18. The van der Waals surface area contributed by atoms with Crippen LogP contribution in [0.5, 0.6) is 0 Å². The third kappa shape index (κ3) is 4.77. The third-order valence-electron chi connectivity index (χ3n) is 4.70. The SMILES string of the molecule is Cc1ccccc1C(=O)Nc1ccc2nc(SCC(=O)N3CCOCC3)sc2c1. The van der Waals surface area contributed by atoms with Gasteiger partial charge in [-0.1, -0.05) is 30.0 Å². The van der Waals surface area contributed by atoms with Gasteiger partial charge in [-0.2, -0.15) is 0 Å². The number of aryl methyl sites for hydroxylation is 1. The summed E-state index contributed by atoms with van der Waals surface area (Å²) in [5.41, 5.74) is 3.20. The van der Waals surface area contributed by atoms with Gasteiger partial charge < -0.3 is 15.0 Å². The molecule has 4 rings (SSSR count). The zero-order valence-corrected chi connectivity index (χ0v) is 17.6. The molecule has 29 heavy (non-hydrogen) atoms. The van der Waals surface area contributed by atoms with Gasteiger partial charge in [0.05, 0.1) is 29.2 Å². The minimum absolute atomic E-state index is 0.115. The number of thioether (sulfide) groups is 1. The van der Waals surface area contributed by atoms with Crippen molar-refractivity contribution in [2.24, 2.45) is 0 Å². The predicted octanol–water partition coefficient (Wildman–Crippen LogP) is 3.81. The van der Waals surface area contributed by atoms with Gasteiger partial charge in [-0.3, -0.25) is 9.59 Å². The zero-order valence-electron chi connectivity index (χ0n) is 16.0. The van der Waals surface area contributed by atoms with E-state index in [1.54, 1.807) is 0 Å². The lowest BCUT2D eigenvalue weighted by molar-refractivity contribution is -0.132. The Morgan fingerprint density at radius 3 is 2.79 bits per heavy atom. The molecular formula is C21H21N3O3S2. The van der Waals surface area contributed by atoms with Crippen LogP contribution in [0.4, 0.5) is 5.69 Å². The molecule has 1 fully saturated rings. The Balaban J connectivity index is 1.41. The van der Waals surface area contributed by atoms with Crippen molar-refractivity contribution in [1.29, 1.82) is 0 Å². The summed E-state index contributed by atoms with van der Waals surface area (Å²) in [4.78, 5) is 31.3. The Morgan fingerprint density at radius 1 is 1.21 bits per heavy atom.